The highest BCUT2D eigenvalue weighted by Gasteiger charge is 1.90. The Hall–Kier alpha value is -2.18. The van der Waals surface area contributed by atoms with Crippen LogP contribution in [-0.2, 0) is 0 Å². The van der Waals surface area contributed by atoms with Gasteiger partial charge in [0.1, 0.15) is 0 Å². The molecule has 0 fully saturated rings. The molecule has 0 aliphatic carbocycles. The number of nitrogens with one attached hydrogen (secondary N) is 1. The van der Waals surface area contributed by atoms with E-state index in [4.69, 9.17) is 11.5 Å². The molecule has 2 amide bonds. The molecule has 0 bridgehead atoms. The molecule has 1 rings (SSSR count). The monoisotopic (exact) mass is 180 g/mol. The van der Waals surface area contributed by atoms with Gasteiger partial charge in [0, 0.05) is 18.0 Å². The van der Waals surface area contributed by atoms with Gasteiger partial charge in [-0.05, 0) is 0 Å². The van der Waals surface area contributed by atoms with Crippen LogP contribution < -0.4 is 16.9 Å². The van der Waals surface area contributed by atoms with Crippen molar-refractivity contribution in [1.29, 1.82) is 0 Å². The molecule has 7 heteroatoms. The van der Waals surface area contributed by atoms with Gasteiger partial charge in [0.05, 0.1) is 6.21 Å². The Bertz CT molecular complexity index is 318. The molecule has 0 radical (unpaired) electrons. The van der Waals surface area contributed by atoms with Gasteiger partial charge in [0.25, 0.3) is 0 Å². The Morgan fingerprint density at radius 2 is 2.15 bits per heavy atom. The zero-order valence-corrected chi connectivity index (χ0v) is 6.64. The number of nitrogens with two attached hydrogens (primary N) is 2. The zero-order valence-electron chi connectivity index (χ0n) is 6.64. The number of carbonyl (C=O) groups excluding carboxylic acids is 1. The molecule has 0 unspecified atom stereocenters. The highest BCUT2D eigenvalue weighted by molar-refractivity contribution is 5.80. The van der Waals surface area contributed by atoms with E-state index in [1.165, 1.54) is 18.6 Å². The fraction of sp³-hybridized carbons (Fsp3) is 0. The molecule has 0 saturated carbocycles. The highest BCUT2D eigenvalue weighted by atomic mass is 16.2. The molecule has 0 aliphatic heterocycles. The SMILES string of the molecule is NC(=O)NN=Cc1cnc(N)nc1. The summed E-state index contributed by atoms with van der Waals surface area (Å²) in [6.45, 7) is 0. The molecule has 0 saturated heterocycles. The van der Waals surface area contributed by atoms with E-state index < -0.39 is 6.03 Å². The fourth-order valence-corrected chi connectivity index (χ4v) is 0.585. The summed E-state index contributed by atoms with van der Waals surface area (Å²) in [6, 6.07) is -0.729. The topological polar surface area (TPSA) is 119 Å². The molecule has 68 valence electrons. The summed E-state index contributed by atoms with van der Waals surface area (Å²) in [5, 5.41) is 3.50. The van der Waals surface area contributed by atoms with Gasteiger partial charge in [-0.2, -0.15) is 5.10 Å². The molecule has 5 N–H and O–H groups in total. The van der Waals surface area contributed by atoms with Crippen LogP contribution in [0, 0.1) is 0 Å². The molecule has 13 heavy (non-hydrogen) atoms. The second kappa shape index (κ2) is 4.00. The van der Waals surface area contributed by atoms with Gasteiger partial charge in [0.15, 0.2) is 0 Å². The van der Waals surface area contributed by atoms with Gasteiger partial charge >= 0.3 is 6.03 Å². The first kappa shape index (κ1) is 8.91. The molecule has 0 aromatic carbocycles. The first-order chi connectivity index (χ1) is 6.18. The number of anilines is 1. The van der Waals surface area contributed by atoms with Crippen LogP contribution in [0.25, 0.3) is 0 Å². The third-order valence-electron chi connectivity index (χ3n) is 1.08. The highest BCUT2D eigenvalue weighted by Crippen LogP contribution is 1.91. The summed E-state index contributed by atoms with van der Waals surface area (Å²) in [6.07, 6.45) is 4.28. The quantitative estimate of drug-likeness (QED) is 0.402. The van der Waals surface area contributed by atoms with Gasteiger partial charge in [-0.1, -0.05) is 0 Å². The predicted molar refractivity (Wildman–Crippen MR) is 46.8 cm³/mol. The third kappa shape index (κ3) is 3.14. The lowest BCUT2D eigenvalue weighted by molar-refractivity contribution is 0.249. The standard InChI is InChI=1S/C6H8N6O/c7-5-9-1-4(2-10-5)3-11-12-6(8)13/h1-3H,(H2,7,9,10)(H3,8,12,13). The lowest BCUT2D eigenvalue weighted by Crippen LogP contribution is -2.24. The van der Waals surface area contributed by atoms with Crippen LogP contribution in [0.15, 0.2) is 17.5 Å². The maximum atomic E-state index is 10.2. The van der Waals surface area contributed by atoms with E-state index in [-0.39, 0.29) is 5.95 Å². The van der Waals surface area contributed by atoms with Crippen molar-refractivity contribution >= 4 is 18.2 Å². The Balaban J connectivity index is 2.59. The van der Waals surface area contributed by atoms with E-state index >= 15 is 0 Å². The third-order valence-corrected chi connectivity index (χ3v) is 1.08. The van der Waals surface area contributed by atoms with E-state index in [0.29, 0.717) is 5.56 Å². The lowest BCUT2D eigenvalue weighted by atomic mass is 10.4. The molecule has 0 aliphatic rings. The number of carbonyl (C=O) groups is 1. The number of hydrogen-bond donors (Lipinski definition) is 3. The van der Waals surface area contributed by atoms with Gasteiger partial charge in [-0.3, -0.25) is 0 Å². The van der Waals surface area contributed by atoms with Crippen molar-refractivity contribution in [2.45, 2.75) is 0 Å². The van der Waals surface area contributed by atoms with E-state index in [1.54, 1.807) is 0 Å². The molecular weight excluding hydrogens is 172 g/mol. The van der Waals surface area contributed by atoms with Crippen molar-refractivity contribution in [3.63, 3.8) is 0 Å². The number of aromatic nitrogens is 2. The summed E-state index contributed by atoms with van der Waals surface area (Å²) in [7, 11) is 0. The molecule has 7 nitrogen and oxygen atoms in total. The summed E-state index contributed by atoms with van der Waals surface area (Å²) >= 11 is 0. The molecular formula is C6H8N6O. The van der Waals surface area contributed by atoms with Crippen LogP contribution in [0.3, 0.4) is 0 Å². The van der Waals surface area contributed by atoms with Crippen molar-refractivity contribution in [2.24, 2.45) is 10.8 Å². The fourth-order valence-electron chi connectivity index (χ4n) is 0.585. The minimum atomic E-state index is -0.729. The number of urea groups is 1. The second-order valence-corrected chi connectivity index (χ2v) is 2.11. The summed E-state index contributed by atoms with van der Waals surface area (Å²) < 4.78 is 0. The minimum absolute atomic E-state index is 0.181. The minimum Gasteiger partial charge on any atom is -0.368 e. The van der Waals surface area contributed by atoms with Gasteiger partial charge < -0.3 is 11.5 Å². The maximum absolute atomic E-state index is 10.2. The molecule has 0 spiro atoms. The van der Waals surface area contributed by atoms with Crippen LogP contribution in [0.2, 0.25) is 0 Å². The van der Waals surface area contributed by atoms with Crippen molar-refractivity contribution < 1.29 is 4.79 Å². The molecule has 1 aromatic heterocycles. The molecule has 1 aromatic rings. The Kier molecular flexibility index (Phi) is 2.74. The average molecular weight is 180 g/mol. The zero-order chi connectivity index (χ0) is 9.68. The number of nitrogens with zero attached hydrogens (tertiary/aromatic N) is 3. The summed E-state index contributed by atoms with van der Waals surface area (Å²) in [5.41, 5.74) is 12.7. The van der Waals surface area contributed by atoms with Crippen LogP contribution in [-0.4, -0.2) is 22.2 Å². The normalized spacial score (nSPS) is 10.2. The number of rotatable bonds is 2. The molecule has 1 heterocycles. The van der Waals surface area contributed by atoms with Gasteiger partial charge in [0.2, 0.25) is 5.95 Å². The van der Waals surface area contributed by atoms with E-state index in [9.17, 15) is 4.79 Å². The van der Waals surface area contributed by atoms with Crippen LogP contribution in [0.1, 0.15) is 5.56 Å². The Morgan fingerprint density at radius 3 is 2.69 bits per heavy atom. The number of nitrogen functional groups attached to an aromatic ring is 1. The first-order valence-corrected chi connectivity index (χ1v) is 3.34. The van der Waals surface area contributed by atoms with E-state index in [0.717, 1.165) is 0 Å². The predicted octanol–water partition coefficient (Wildman–Crippen LogP) is -0.939. The average Bonchev–Trinajstić information content (AvgIpc) is 2.08. The molecule has 0 atom stereocenters. The van der Waals surface area contributed by atoms with Gasteiger partial charge in [-0.25, -0.2) is 20.2 Å². The Labute approximate surface area is 73.9 Å². The van der Waals surface area contributed by atoms with Crippen molar-refractivity contribution in [1.82, 2.24) is 15.4 Å². The maximum Gasteiger partial charge on any atom is 0.332 e. The van der Waals surface area contributed by atoms with Crippen molar-refractivity contribution in [2.75, 3.05) is 5.73 Å². The van der Waals surface area contributed by atoms with Crippen LogP contribution in [0.5, 0.6) is 0 Å². The summed E-state index contributed by atoms with van der Waals surface area (Å²) in [4.78, 5) is 17.6. The van der Waals surface area contributed by atoms with E-state index in [1.807, 2.05) is 5.43 Å². The smallest absolute Gasteiger partial charge is 0.332 e. The largest absolute Gasteiger partial charge is 0.368 e. The Morgan fingerprint density at radius 1 is 1.54 bits per heavy atom. The number of primary amides is 1. The second-order valence-electron chi connectivity index (χ2n) is 2.11. The van der Waals surface area contributed by atoms with Crippen LogP contribution >= 0.6 is 0 Å². The van der Waals surface area contributed by atoms with Crippen molar-refractivity contribution in [3.8, 4) is 0 Å². The summed E-state index contributed by atoms with van der Waals surface area (Å²) in [5.74, 6) is 0.181. The van der Waals surface area contributed by atoms with Gasteiger partial charge in [-0.15, -0.1) is 0 Å². The number of hydrogen-bond acceptors (Lipinski definition) is 5. The number of hydrazone groups is 1. The van der Waals surface area contributed by atoms with E-state index in [2.05, 4.69) is 15.1 Å². The first-order valence-electron chi connectivity index (χ1n) is 3.34. The van der Waals surface area contributed by atoms with Crippen LogP contribution in [0.4, 0.5) is 10.7 Å². The lowest BCUT2D eigenvalue weighted by Gasteiger charge is -1.92. The number of amides is 2. The van der Waals surface area contributed by atoms with Crippen molar-refractivity contribution in [3.05, 3.63) is 18.0 Å².